The second-order valence-electron chi connectivity index (χ2n) is 7.38. The topological polar surface area (TPSA) is 56.6 Å². The van der Waals surface area contributed by atoms with Crippen LogP contribution in [0.25, 0.3) is 0 Å². The molecule has 2 saturated heterocycles. The Morgan fingerprint density at radius 1 is 1.30 bits per heavy atom. The second-order valence-corrected chi connectivity index (χ2v) is 8.16. The van der Waals surface area contributed by atoms with Crippen molar-refractivity contribution in [3.8, 4) is 0 Å². The SMILES string of the molecule is Cn1ccnc1C1CNCCN1CC(=O)N1CCN(Cc2ccsc2)CC1. The summed E-state index contributed by atoms with van der Waals surface area (Å²) in [5.41, 5.74) is 1.37. The van der Waals surface area contributed by atoms with E-state index >= 15 is 0 Å². The first kappa shape index (κ1) is 18.6. The number of hydrogen-bond donors (Lipinski definition) is 1. The Kier molecular flexibility index (Phi) is 5.87. The van der Waals surface area contributed by atoms with Crippen molar-refractivity contribution in [2.45, 2.75) is 12.6 Å². The molecule has 2 aromatic heterocycles. The van der Waals surface area contributed by atoms with Gasteiger partial charge in [0.25, 0.3) is 0 Å². The minimum Gasteiger partial charge on any atom is -0.339 e. The summed E-state index contributed by atoms with van der Waals surface area (Å²) in [4.78, 5) is 24.2. The number of hydrogen-bond acceptors (Lipinski definition) is 6. The highest BCUT2D eigenvalue weighted by Gasteiger charge is 2.30. The largest absolute Gasteiger partial charge is 0.339 e. The summed E-state index contributed by atoms with van der Waals surface area (Å²) in [6.07, 6.45) is 3.80. The van der Waals surface area contributed by atoms with Crippen molar-refractivity contribution in [1.29, 1.82) is 0 Å². The van der Waals surface area contributed by atoms with Crippen LogP contribution in [-0.2, 0) is 18.4 Å². The molecule has 4 rings (SSSR count). The average Bonchev–Trinajstić information content (AvgIpc) is 3.34. The van der Waals surface area contributed by atoms with Crippen LogP contribution in [0.15, 0.2) is 29.2 Å². The molecule has 2 aliphatic rings. The minimum absolute atomic E-state index is 0.155. The lowest BCUT2D eigenvalue weighted by atomic mass is 10.1. The van der Waals surface area contributed by atoms with E-state index in [0.29, 0.717) is 6.54 Å². The van der Waals surface area contributed by atoms with E-state index in [9.17, 15) is 4.79 Å². The number of rotatable bonds is 5. The lowest BCUT2D eigenvalue weighted by Gasteiger charge is -2.38. The highest BCUT2D eigenvalue weighted by molar-refractivity contribution is 7.07. The molecule has 2 aliphatic heterocycles. The quantitative estimate of drug-likeness (QED) is 0.820. The van der Waals surface area contributed by atoms with E-state index in [0.717, 1.165) is 58.2 Å². The van der Waals surface area contributed by atoms with Crippen LogP contribution < -0.4 is 5.32 Å². The van der Waals surface area contributed by atoms with Crippen molar-refractivity contribution in [3.63, 3.8) is 0 Å². The van der Waals surface area contributed by atoms with E-state index < -0.39 is 0 Å². The Morgan fingerprint density at radius 2 is 2.15 bits per heavy atom. The number of imidazole rings is 1. The Bertz CT molecular complexity index is 737. The highest BCUT2D eigenvalue weighted by Crippen LogP contribution is 2.20. The third kappa shape index (κ3) is 4.40. The first-order valence-electron chi connectivity index (χ1n) is 9.64. The lowest BCUT2D eigenvalue weighted by molar-refractivity contribution is -0.135. The van der Waals surface area contributed by atoms with Gasteiger partial charge in [0.2, 0.25) is 5.91 Å². The van der Waals surface area contributed by atoms with Crippen LogP contribution in [0.3, 0.4) is 0 Å². The normalized spacial score (nSPS) is 22.3. The number of thiophene rings is 1. The summed E-state index contributed by atoms with van der Waals surface area (Å²) in [5, 5.41) is 7.77. The molecule has 1 amide bonds. The molecule has 8 heteroatoms. The zero-order valence-electron chi connectivity index (χ0n) is 15.9. The molecule has 7 nitrogen and oxygen atoms in total. The molecule has 0 saturated carbocycles. The van der Waals surface area contributed by atoms with Crippen LogP contribution in [0.4, 0.5) is 0 Å². The summed E-state index contributed by atoms with van der Waals surface area (Å²) in [5.74, 6) is 1.27. The van der Waals surface area contributed by atoms with Crippen molar-refractivity contribution in [3.05, 3.63) is 40.6 Å². The number of piperazine rings is 2. The zero-order valence-corrected chi connectivity index (χ0v) is 16.7. The molecule has 0 radical (unpaired) electrons. The van der Waals surface area contributed by atoms with Crippen LogP contribution in [0, 0.1) is 0 Å². The van der Waals surface area contributed by atoms with E-state index in [1.54, 1.807) is 11.3 Å². The molecule has 0 aliphatic carbocycles. The van der Waals surface area contributed by atoms with Gasteiger partial charge in [-0.2, -0.15) is 11.3 Å². The maximum atomic E-state index is 12.9. The fourth-order valence-corrected chi connectivity index (χ4v) is 4.62. The standard InChI is InChI=1S/C19H28N6OS/c1-22-5-4-21-19(22)17-12-20-3-6-25(17)14-18(26)24-9-7-23(8-10-24)13-16-2-11-27-15-16/h2,4-5,11,15,17,20H,3,6-10,12-14H2,1H3. The van der Waals surface area contributed by atoms with Crippen molar-refractivity contribution in [2.75, 3.05) is 52.4 Å². The number of nitrogens with one attached hydrogen (secondary N) is 1. The molecule has 0 spiro atoms. The second kappa shape index (κ2) is 8.52. The Labute approximate surface area is 164 Å². The fourth-order valence-electron chi connectivity index (χ4n) is 3.96. The molecule has 1 N–H and O–H groups in total. The van der Waals surface area contributed by atoms with Gasteiger partial charge in [-0.15, -0.1) is 0 Å². The number of amides is 1. The Balaban J connectivity index is 1.31. The molecule has 1 atom stereocenters. The van der Waals surface area contributed by atoms with Crippen LogP contribution in [0.5, 0.6) is 0 Å². The molecule has 4 heterocycles. The summed E-state index contributed by atoms with van der Waals surface area (Å²) in [7, 11) is 2.02. The van der Waals surface area contributed by atoms with Crippen molar-refractivity contribution < 1.29 is 4.79 Å². The zero-order chi connectivity index (χ0) is 18.6. The molecule has 2 aromatic rings. The highest BCUT2D eigenvalue weighted by atomic mass is 32.1. The van der Waals surface area contributed by atoms with Gasteiger partial charge < -0.3 is 14.8 Å². The summed E-state index contributed by atoms with van der Waals surface area (Å²) in [6, 6.07) is 2.34. The van der Waals surface area contributed by atoms with Crippen LogP contribution >= 0.6 is 11.3 Å². The molecule has 27 heavy (non-hydrogen) atoms. The van der Waals surface area contributed by atoms with Crippen LogP contribution in [0.1, 0.15) is 17.4 Å². The van der Waals surface area contributed by atoms with Gasteiger partial charge in [0.15, 0.2) is 0 Å². The molecule has 0 aromatic carbocycles. The van der Waals surface area contributed by atoms with Gasteiger partial charge in [-0.25, -0.2) is 4.98 Å². The summed E-state index contributed by atoms with van der Waals surface area (Å²) in [6.45, 7) is 7.65. The Hall–Kier alpha value is -1.74. The number of nitrogens with zero attached hydrogens (tertiary/aromatic N) is 5. The van der Waals surface area contributed by atoms with Gasteiger partial charge in [-0.3, -0.25) is 14.6 Å². The molecule has 146 valence electrons. The van der Waals surface area contributed by atoms with Gasteiger partial charge in [-0.05, 0) is 22.4 Å². The van der Waals surface area contributed by atoms with E-state index in [4.69, 9.17) is 0 Å². The molecule has 0 bridgehead atoms. The number of carbonyl (C=O) groups is 1. The molecular weight excluding hydrogens is 360 g/mol. The van der Waals surface area contributed by atoms with E-state index in [2.05, 4.69) is 41.5 Å². The third-order valence-corrected chi connectivity index (χ3v) is 6.29. The smallest absolute Gasteiger partial charge is 0.236 e. The van der Waals surface area contributed by atoms with E-state index in [1.165, 1.54) is 5.56 Å². The van der Waals surface area contributed by atoms with Crippen LogP contribution in [0.2, 0.25) is 0 Å². The van der Waals surface area contributed by atoms with E-state index in [-0.39, 0.29) is 11.9 Å². The van der Waals surface area contributed by atoms with Crippen molar-refractivity contribution >= 4 is 17.2 Å². The minimum atomic E-state index is 0.155. The van der Waals surface area contributed by atoms with Gasteiger partial charge in [0, 0.05) is 71.8 Å². The monoisotopic (exact) mass is 388 g/mol. The van der Waals surface area contributed by atoms with Crippen molar-refractivity contribution in [1.82, 2.24) is 29.6 Å². The number of aromatic nitrogens is 2. The lowest BCUT2D eigenvalue weighted by Crippen LogP contribution is -2.54. The predicted octanol–water partition coefficient (Wildman–Crippen LogP) is 0.772. The van der Waals surface area contributed by atoms with Gasteiger partial charge in [0.05, 0.1) is 12.6 Å². The summed E-state index contributed by atoms with van der Waals surface area (Å²) >= 11 is 1.74. The maximum absolute atomic E-state index is 12.9. The number of carbonyl (C=O) groups excluding carboxylic acids is 1. The van der Waals surface area contributed by atoms with Crippen molar-refractivity contribution in [2.24, 2.45) is 7.05 Å². The Morgan fingerprint density at radius 3 is 2.85 bits per heavy atom. The van der Waals surface area contributed by atoms with Crippen LogP contribution in [-0.4, -0.2) is 82.5 Å². The predicted molar refractivity (Wildman–Crippen MR) is 107 cm³/mol. The third-order valence-electron chi connectivity index (χ3n) is 5.56. The van der Waals surface area contributed by atoms with E-state index in [1.807, 2.05) is 24.3 Å². The first-order valence-corrected chi connectivity index (χ1v) is 10.6. The van der Waals surface area contributed by atoms with Gasteiger partial charge >= 0.3 is 0 Å². The first-order chi connectivity index (χ1) is 13.2. The fraction of sp³-hybridized carbons (Fsp3) is 0.579. The summed E-state index contributed by atoms with van der Waals surface area (Å²) < 4.78 is 2.05. The molecular formula is C19H28N6OS. The molecule has 1 unspecified atom stereocenters. The van der Waals surface area contributed by atoms with Gasteiger partial charge in [-0.1, -0.05) is 0 Å². The van der Waals surface area contributed by atoms with Gasteiger partial charge in [0.1, 0.15) is 5.82 Å². The molecule has 2 fully saturated rings. The number of aryl methyl sites for hydroxylation is 1. The maximum Gasteiger partial charge on any atom is 0.236 e. The average molecular weight is 389 g/mol.